The van der Waals surface area contributed by atoms with Gasteiger partial charge in [0.1, 0.15) is 5.76 Å². The first-order valence-corrected chi connectivity index (χ1v) is 7.05. The Morgan fingerprint density at radius 2 is 1.86 bits per heavy atom. The molecule has 0 amide bonds. The van der Waals surface area contributed by atoms with Gasteiger partial charge in [-0.3, -0.25) is 4.90 Å². The van der Waals surface area contributed by atoms with Crippen LogP contribution in [-0.4, -0.2) is 39.9 Å². The molecule has 21 heavy (non-hydrogen) atoms. The van der Waals surface area contributed by atoms with Gasteiger partial charge in [-0.05, 0) is 45.7 Å². The maximum atomic E-state index is 12.8. The lowest BCUT2D eigenvalue weighted by atomic mass is 9.81. The van der Waals surface area contributed by atoms with Crippen LogP contribution in [0.15, 0.2) is 4.42 Å². The maximum Gasteiger partial charge on any atom is 0.417 e. The van der Waals surface area contributed by atoms with Gasteiger partial charge in [-0.2, -0.15) is 13.2 Å². The predicted molar refractivity (Wildman–Crippen MR) is 70.7 cm³/mol. The predicted octanol–water partition coefficient (Wildman–Crippen LogP) is 2.82. The summed E-state index contributed by atoms with van der Waals surface area (Å²) in [5, 5.41) is 9.73. The van der Waals surface area contributed by atoms with Gasteiger partial charge in [0.2, 0.25) is 0 Å². The van der Waals surface area contributed by atoms with Crippen LogP contribution in [-0.2, 0) is 6.54 Å². The second-order valence-electron chi connectivity index (χ2n) is 5.93. The Bertz CT molecular complexity index is 489. The third kappa shape index (κ3) is 3.40. The van der Waals surface area contributed by atoms with Crippen LogP contribution < -0.4 is 0 Å². The van der Waals surface area contributed by atoms with E-state index in [1.807, 2.05) is 11.8 Å². The summed E-state index contributed by atoms with van der Waals surface area (Å²) < 4.78 is 43.8. The quantitative estimate of drug-likeness (QED) is 0.933. The van der Waals surface area contributed by atoms with E-state index < -0.39 is 17.7 Å². The van der Waals surface area contributed by atoms with Crippen LogP contribution >= 0.6 is 0 Å². The standard InChI is InChI=1S/C14H21F3N2O2/c1-9-12(18-10(2)21-9)8-19-6-4-11(5-7-19)13(3,20)14(15,16)17/h11,20H,4-8H2,1-3H3. The number of aryl methyl sites for hydroxylation is 2. The normalized spacial score (nSPS) is 21.5. The van der Waals surface area contributed by atoms with Crippen LogP contribution in [0.4, 0.5) is 13.2 Å². The summed E-state index contributed by atoms with van der Waals surface area (Å²) in [5.74, 6) is 0.586. The largest absolute Gasteiger partial charge is 0.446 e. The highest BCUT2D eigenvalue weighted by molar-refractivity contribution is 5.07. The minimum Gasteiger partial charge on any atom is -0.446 e. The van der Waals surface area contributed by atoms with E-state index in [-0.39, 0.29) is 0 Å². The number of oxazole rings is 1. The first kappa shape index (κ1) is 16.3. The van der Waals surface area contributed by atoms with Crippen molar-refractivity contribution >= 4 is 0 Å². The van der Waals surface area contributed by atoms with E-state index in [0.29, 0.717) is 38.4 Å². The summed E-state index contributed by atoms with van der Waals surface area (Å²) in [6.07, 6.45) is -3.94. The topological polar surface area (TPSA) is 49.5 Å². The zero-order valence-corrected chi connectivity index (χ0v) is 12.5. The van der Waals surface area contributed by atoms with Crippen LogP contribution in [0, 0.1) is 19.8 Å². The minimum absolute atomic E-state index is 0.322. The van der Waals surface area contributed by atoms with Crippen LogP contribution in [0.5, 0.6) is 0 Å². The molecule has 1 aromatic heterocycles. The zero-order valence-electron chi connectivity index (χ0n) is 12.5. The SMILES string of the molecule is Cc1nc(CN2CCC(C(C)(O)C(F)(F)F)CC2)c(C)o1. The maximum absolute atomic E-state index is 12.8. The number of alkyl halides is 3. The second kappa shape index (κ2) is 5.61. The molecule has 2 heterocycles. The molecule has 1 fully saturated rings. The van der Waals surface area contributed by atoms with Crippen molar-refractivity contribution in [1.29, 1.82) is 0 Å². The van der Waals surface area contributed by atoms with Crippen molar-refractivity contribution in [3.05, 3.63) is 17.3 Å². The van der Waals surface area contributed by atoms with Crippen molar-refractivity contribution in [2.24, 2.45) is 5.92 Å². The van der Waals surface area contributed by atoms with E-state index in [9.17, 15) is 18.3 Å². The molecule has 1 saturated heterocycles. The number of aliphatic hydroxyl groups is 1. The summed E-state index contributed by atoms with van der Waals surface area (Å²) in [4.78, 5) is 6.32. The monoisotopic (exact) mass is 306 g/mol. The number of hydrogen-bond donors (Lipinski definition) is 1. The fraction of sp³-hybridized carbons (Fsp3) is 0.786. The number of piperidine rings is 1. The fourth-order valence-electron chi connectivity index (χ4n) is 2.82. The van der Waals surface area contributed by atoms with E-state index in [0.717, 1.165) is 18.4 Å². The smallest absolute Gasteiger partial charge is 0.417 e. The average Bonchev–Trinajstić information content (AvgIpc) is 2.67. The lowest BCUT2D eigenvalue weighted by Crippen LogP contribution is -2.52. The van der Waals surface area contributed by atoms with Gasteiger partial charge in [0.05, 0.1) is 5.69 Å². The van der Waals surface area contributed by atoms with Crippen LogP contribution in [0.2, 0.25) is 0 Å². The Morgan fingerprint density at radius 3 is 2.29 bits per heavy atom. The Morgan fingerprint density at radius 1 is 1.29 bits per heavy atom. The Hall–Kier alpha value is -1.08. The summed E-state index contributed by atoms with van der Waals surface area (Å²) in [5.41, 5.74) is -1.78. The molecule has 1 unspecified atom stereocenters. The minimum atomic E-state index is -4.58. The van der Waals surface area contributed by atoms with E-state index in [1.165, 1.54) is 0 Å². The summed E-state index contributed by atoms with van der Waals surface area (Å²) in [6.45, 7) is 6.08. The van der Waals surface area contributed by atoms with Crippen molar-refractivity contribution in [2.45, 2.75) is 51.9 Å². The zero-order chi connectivity index (χ0) is 15.8. The van der Waals surface area contributed by atoms with E-state index in [1.54, 1.807) is 6.92 Å². The average molecular weight is 306 g/mol. The molecule has 1 aliphatic heterocycles. The number of halogens is 3. The molecule has 7 heteroatoms. The second-order valence-corrected chi connectivity index (χ2v) is 5.93. The fourth-order valence-corrected chi connectivity index (χ4v) is 2.82. The summed E-state index contributed by atoms with van der Waals surface area (Å²) in [6, 6.07) is 0. The van der Waals surface area contributed by atoms with Crippen molar-refractivity contribution in [1.82, 2.24) is 9.88 Å². The van der Waals surface area contributed by atoms with Crippen molar-refractivity contribution < 1.29 is 22.7 Å². The van der Waals surface area contributed by atoms with E-state index in [2.05, 4.69) is 4.98 Å². The number of likely N-dealkylation sites (tertiary alicyclic amines) is 1. The molecule has 1 aliphatic rings. The van der Waals surface area contributed by atoms with Crippen LogP contribution in [0.1, 0.15) is 37.1 Å². The molecular formula is C14H21F3N2O2. The molecule has 0 radical (unpaired) electrons. The molecule has 0 aromatic carbocycles. The van der Waals surface area contributed by atoms with Gasteiger partial charge >= 0.3 is 6.18 Å². The Kier molecular flexibility index (Phi) is 4.35. The van der Waals surface area contributed by atoms with E-state index in [4.69, 9.17) is 4.42 Å². The molecule has 2 rings (SSSR count). The third-order valence-corrected chi connectivity index (χ3v) is 4.33. The number of aromatic nitrogens is 1. The molecule has 1 aromatic rings. The molecule has 0 aliphatic carbocycles. The summed E-state index contributed by atoms with van der Waals surface area (Å²) >= 11 is 0. The molecule has 0 bridgehead atoms. The van der Waals surface area contributed by atoms with Crippen molar-refractivity contribution in [2.75, 3.05) is 13.1 Å². The van der Waals surface area contributed by atoms with Crippen LogP contribution in [0.3, 0.4) is 0 Å². The van der Waals surface area contributed by atoms with Gasteiger partial charge < -0.3 is 9.52 Å². The lowest BCUT2D eigenvalue weighted by Gasteiger charge is -2.40. The Labute approximate surface area is 122 Å². The molecule has 1 N–H and O–H groups in total. The van der Waals surface area contributed by atoms with Crippen molar-refractivity contribution in [3.63, 3.8) is 0 Å². The van der Waals surface area contributed by atoms with Crippen LogP contribution in [0.25, 0.3) is 0 Å². The van der Waals surface area contributed by atoms with Gasteiger partial charge in [0.25, 0.3) is 0 Å². The highest BCUT2D eigenvalue weighted by atomic mass is 19.4. The van der Waals surface area contributed by atoms with Gasteiger partial charge in [0.15, 0.2) is 11.5 Å². The molecule has 0 saturated carbocycles. The molecule has 0 spiro atoms. The number of hydrogen-bond acceptors (Lipinski definition) is 4. The first-order valence-electron chi connectivity index (χ1n) is 7.05. The molecular weight excluding hydrogens is 285 g/mol. The van der Waals surface area contributed by atoms with Crippen molar-refractivity contribution in [3.8, 4) is 0 Å². The van der Waals surface area contributed by atoms with Gasteiger partial charge in [-0.15, -0.1) is 0 Å². The van der Waals surface area contributed by atoms with Gasteiger partial charge in [-0.25, -0.2) is 4.98 Å². The molecule has 1 atom stereocenters. The van der Waals surface area contributed by atoms with Gasteiger partial charge in [-0.1, -0.05) is 0 Å². The molecule has 4 nitrogen and oxygen atoms in total. The first-order chi connectivity index (χ1) is 9.61. The Balaban J connectivity index is 1.93. The summed E-state index contributed by atoms with van der Waals surface area (Å²) in [7, 11) is 0. The van der Waals surface area contributed by atoms with E-state index >= 15 is 0 Å². The lowest BCUT2D eigenvalue weighted by molar-refractivity contribution is -0.275. The third-order valence-electron chi connectivity index (χ3n) is 4.33. The number of nitrogens with zero attached hydrogens (tertiary/aromatic N) is 2. The highest BCUT2D eigenvalue weighted by Crippen LogP contribution is 2.40. The van der Waals surface area contributed by atoms with Gasteiger partial charge in [0, 0.05) is 13.5 Å². The number of rotatable bonds is 3. The highest BCUT2D eigenvalue weighted by Gasteiger charge is 2.54. The molecule has 120 valence electrons.